The Balaban J connectivity index is 0.00000280. The normalized spacial score (nSPS) is 13.6. The van der Waals surface area contributed by atoms with Crippen molar-refractivity contribution in [1.82, 2.24) is 10.6 Å². The molecule has 6 nitrogen and oxygen atoms in total. The van der Waals surface area contributed by atoms with Gasteiger partial charge in [0, 0.05) is 46.0 Å². The topological polar surface area (TPSA) is 62.0 Å². The number of ether oxygens (including phenoxy) is 1. The van der Waals surface area contributed by atoms with E-state index in [4.69, 9.17) is 9.15 Å². The molecule has 1 aromatic carbocycles. The highest BCUT2D eigenvalue weighted by Crippen LogP contribution is 2.26. The maximum absolute atomic E-state index is 5.59. The van der Waals surface area contributed by atoms with Gasteiger partial charge in [-0.1, -0.05) is 12.1 Å². The van der Waals surface area contributed by atoms with Crippen LogP contribution in [0.5, 0.6) is 0 Å². The Morgan fingerprint density at radius 2 is 2.18 bits per heavy atom. The molecular weight excluding hydrogens is 467 g/mol. The quantitative estimate of drug-likeness (QED) is 0.252. The number of rotatable bonds is 8. The largest absolute Gasteiger partial charge is 0.467 e. The molecule has 3 rings (SSSR count). The highest BCUT2D eigenvalue weighted by molar-refractivity contribution is 14.0. The molecule has 0 radical (unpaired) electrons. The SMILES string of the molecule is CN=C(NCCCOCc1ccco1)NCc1ccc2c(c1)CCCN2C.I. The van der Waals surface area contributed by atoms with E-state index in [1.807, 2.05) is 12.1 Å². The van der Waals surface area contributed by atoms with Crippen LogP contribution in [0, 0.1) is 0 Å². The van der Waals surface area contributed by atoms with Crippen LogP contribution in [-0.2, 0) is 24.3 Å². The number of aliphatic imine (C=N–C) groups is 1. The first-order chi connectivity index (χ1) is 13.3. The molecule has 0 bridgehead atoms. The number of hydrogen-bond donors (Lipinski definition) is 2. The summed E-state index contributed by atoms with van der Waals surface area (Å²) in [6, 6.07) is 10.5. The summed E-state index contributed by atoms with van der Waals surface area (Å²) in [6.07, 6.45) is 4.97. The zero-order valence-corrected chi connectivity index (χ0v) is 19.1. The van der Waals surface area contributed by atoms with Gasteiger partial charge in [-0.3, -0.25) is 4.99 Å². The fourth-order valence-corrected chi connectivity index (χ4v) is 3.30. The second kappa shape index (κ2) is 12.0. The monoisotopic (exact) mass is 498 g/mol. The van der Waals surface area contributed by atoms with Crippen LogP contribution in [0.15, 0.2) is 46.0 Å². The highest BCUT2D eigenvalue weighted by Gasteiger charge is 2.13. The number of nitrogens with zero attached hydrogens (tertiary/aromatic N) is 2. The Morgan fingerprint density at radius 3 is 2.96 bits per heavy atom. The van der Waals surface area contributed by atoms with Gasteiger partial charge < -0.3 is 24.7 Å². The number of furan rings is 1. The summed E-state index contributed by atoms with van der Waals surface area (Å²) in [5.41, 5.74) is 4.09. The van der Waals surface area contributed by atoms with Crippen LogP contribution < -0.4 is 15.5 Å². The lowest BCUT2D eigenvalue weighted by Gasteiger charge is -2.28. The predicted octanol–water partition coefficient (Wildman–Crippen LogP) is 3.55. The minimum atomic E-state index is 0. The Morgan fingerprint density at radius 1 is 1.29 bits per heavy atom. The number of benzene rings is 1. The third kappa shape index (κ3) is 6.70. The van der Waals surface area contributed by atoms with Gasteiger partial charge in [-0.25, -0.2) is 0 Å². The molecule has 0 unspecified atom stereocenters. The van der Waals surface area contributed by atoms with Crippen LogP contribution in [0.1, 0.15) is 29.7 Å². The maximum Gasteiger partial charge on any atom is 0.191 e. The third-order valence-electron chi connectivity index (χ3n) is 4.76. The molecule has 2 heterocycles. The summed E-state index contributed by atoms with van der Waals surface area (Å²) in [5.74, 6) is 1.67. The summed E-state index contributed by atoms with van der Waals surface area (Å²) in [7, 11) is 3.96. The van der Waals surface area contributed by atoms with Gasteiger partial charge in [-0.15, -0.1) is 24.0 Å². The molecular formula is C21H31IN4O2. The van der Waals surface area contributed by atoms with Gasteiger partial charge in [0.05, 0.1) is 6.26 Å². The molecule has 0 saturated carbocycles. The van der Waals surface area contributed by atoms with E-state index < -0.39 is 0 Å². The first-order valence-corrected chi connectivity index (χ1v) is 9.64. The minimum Gasteiger partial charge on any atom is -0.467 e. The maximum atomic E-state index is 5.59. The smallest absolute Gasteiger partial charge is 0.191 e. The van der Waals surface area contributed by atoms with E-state index in [0.717, 1.165) is 37.8 Å². The van der Waals surface area contributed by atoms with Crippen molar-refractivity contribution < 1.29 is 9.15 Å². The van der Waals surface area contributed by atoms with E-state index in [-0.39, 0.29) is 24.0 Å². The summed E-state index contributed by atoms with van der Waals surface area (Å²) >= 11 is 0. The van der Waals surface area contributed by atoms with Crippen molar-refractivity contribution >= 4 is 35.6 Å². The van der Waals surface area contributed by atoms with Gasteiger partial charge in [0.1, 0.15) is 12.4 Å². The van der Waals surface area contributed by atoms with Gasteiger partial charge in [-0.05, 0) is 48.6 Å². The van der Waals surface area contributed by atoms with Gasteiger partial charge >= 0.3 is 0 Å². The summed E-state index contributed by atoms with van der Waals surface area (Å²) < 4.78 is 10.8. The van der Waals surface area contributed by atoms with Crippen molar-refractivity contribution in [2.24, 2.45) is 4.99 Å². The van der Waals surface area contributed by atoms with E-state index in [9.17, 15) is 0 Å². The van der Waals surface area contributed by atoms with E-state index in [1.54, 1.807) is 13.3 Å². The number of guanidine groups is 1. The molecule has 1 aliphatic rings. The van der Waals surface area contributed by atoms with E-state index in [2.05, 4.69) is 45.8 Å². The van der Waals surface area contributed by atoms with E-state index in [1.165, 1.54) is 29.7 Å². The first-order valence-electron chi connectivity index (χ1n) is 9.64. The molecule has 28 heavy (non-hydrogen) atoms. The van der Waals surface area contributed by atoms with Crippen LogP contribution in [0.4, 0.5) is 5.69 Å². The zero-order chi connectivity index (χ0) is 18.9. The lowest BCUT2D eigenvalue weighted by atomic mass is 9.99. The van der Waals surface area contributed by atoms with Gasteiger partial charge in [0.25, 0.3) is 0 Å². The number of fused-ring (bicyclic) bond motifs is 1. The molecule has 1 aliphatic heterocycles. The van der Waals surface area contributed by atoms with Crippen molar-refractivity contribution in [2.45, 2.75) is 32.4 Å². The van der Waals surface area contributed by atoms with Crippen LogP contribution in [0.2, 0.25) is 0 Å². The molecule has 2 N–H and O–H groups in total. The fourth-order valence-electron chi connectivity index (χ4n) is 3.30. The van der Waals surface area contributed by atoms with Crippen molar-refractivity contribution in [2.75, 3.05) is 38.7 Å². The number of hydrogen-bond acceptors (Lipinski definition) is 4. The average Bonchev–Trinajstić information content (AvgIpc) is 3.20. The molecule has 0 atom stereocenters. The molecule has 2 aromatic rings. The standard InChI is InChI=1S/C21H30N4O2.HI/c1-22-21(23-10-5-12-26-16-19-7-4-13-27-19)24-15-17-8-9-20-18(14-17)6-3-11-25(20)2;/h4,7-9,13-14H,3,5-6,10-12,15-16H2,1-2H3,(H2,22,23,24);1H. The van der Waals surface area contributed by atoms with Crippen molar-refractivity contribution in [3.8, 4) is 0 Å². The minimum absolute atomic E-state index is 0. The van der Waals surface area contributed by atoms with E-state index >= 15 is 0 Å². The van der Waals surface area contributed by atoms with Gasteiger partial charge in [-0.2, -0.15) is 0 Å². The van der Waals surface area contributed by atoms with Crippen LogP contribution >= 0.6 is 24.0 Å². The molecule has 0 fully saturated rings. The second-order valence-corrected chi connectivity index (χ2v) is 6.83. The Hall–Kier alpha value is -1.74. The molecule has 7 heteroatoms. The molecule has 154 valence electrons. The molecule has 0 aliphatic carbocycles. The summed E-state index contributed by atoms with van der Waals surface area (Å²) in [5, 5.41) is 6.72. The van der Waals surface area contributed by atoms with Crippen molar-refractivity contribution in [1.29, 1.82) is 0 Å². The third-order valence-corrected chi connectivity index (χ3v) is 4.76. The van der Waals surface area contributed by atoms with Gasteiger partial charge in [0.2, 0.25) is 0 Å². The van der Waals surface area contributed by atoms with Crippen LogP contribution in [-0.4, -0.2) is 39.8 Å². The second-order valence-electron chi connectivity index (χ2n) is 6.83. The Bertz CT molecular complexity index is 734. The predicted molar refractivity (Wildman–Crippen MR) is 125 cm³/mol. The average molecular weight is 498 g/mol. The van der Waals surface area contributed by atoms with Gasteiger partial charge in [0.15, 0.2) is 5.96 Å². The number of nitrogens with one attached hydrogen (secondary N) is 2. The lowest BCUT2D eigenvalue weighted by Crippen LogP contribution is -2.37. The van der Waals surface area contributed by atoms with Crippen LogP contribution in [0.3, 0.4) is 0 Å². The highest BCUT2D eigenvalue weighted by atomic mass is 127. The van der Waals surface area contributed by atoms with E-state index in [0.29, 0.717) is 13.2 Å². The summed E-state index contributed by atoms with van der Waals surface area (Å²) in [4.78, 5) is 6.63. The Labute approximate surface area is 184 Å². The summed E-state index contributed by atoms with van der Waals surface area (Å²) in [6.45, 7) is 3.93. The van der Waals surface area contributed by atoms with Crippen LogP contribution in [0.25, 0.3) is 0 Å². The molecule has 0 saturated heterocycles. The molecule has 0 amide bonds. The fraction of sp³-hybridized carbons (Fsp3) is 0.476. The zero-order valence-electron chi connectivity index (χ0n) is 16.7. The lowest BCUT2D eigenvalue weighted by molar-refractivity contribution is 0.105. The number of aryl methyl sites for hydroxylation is 1. The first kappa shape index (κ1) is 22.5. The molecule has 1 aromatic heterocycles. The Kier molecular flexibility index (Phi) is 9.63. The number of anilines is 1. The number of halogens is 1. The molecule has 0 spiro atoms. The van der Waals surface area contributed by atoms with Crippen molar-refractivity contribution in [3.05, 3.63) is 53.5 Å². The van der Waals surface area contributed by atoms with Crippen molar-refractivity contribution in [3.63, 3.8) is 0 Å².